The minimum atomic E-state index is -3.92. The van der Waals surface area contributed by atoms with E-state index in [9.17, 15) is 12.8 Å². The molecule has 0 bridgehead atoms. The SMILES string of the molecule is O=S(=O)(NCC1CCCO1)c1ccc(C#CCO)cc1F. The molecule has 1 aromatic carbocycles. The smallest absolute Gasteiger partial charge is 0.243 e. The maximum atomic E-state index is 13.9. The molecule has 2 N–H and O–H groups in total. The summed E-state index contributed by atoms with van der Waals surface area (Å²) in [6, 6.07) is 3.59. The molecular weight excluding hydrogens is 297 g/mol. The van der Waals surface area contributed by atoms with Crippen LogP contribution in [0.3, 0.4) is 0 Å². The van der Waals surface area contributed by atoms with Crippen LogP contribution in [0.4, 0.5) is 4.39 Å². The Bertz CT molecular complexity index is 657. The van der Waals surface area contributed by atoms with Crippen molar-refractivity contribution >= 4 is 10.0 Å². The number of ether oxygens (including phenoxy) is 1. The fourth-order valence-electron chi connectivity index (χ4n) is 2.02. The number of aliphatic hydroxyl groups is 1. The molecule has 0 aliphatic carbocycles. The molecule has 1 aromatic rings. The van der Waals surface area contributed by atoms with Gasteiger partial charge in [-0.3, -0.25) is 0 Å². The van der Waals surface area contributed by atoms with Crippen molar-refractivity contribution in [1.29, 1.82) is 0 Å². The van der Waals surface area contributed by atoms with Crippen LogP contribution in [0.5, 0.6) is 0 Å². The van der Waals surface area contributed by atoms with Crippen LogP contribution in [0, 0.1) is 17.7 Å². The van der Waals surface area contributed by atoms with Crippen LogP contribution in [-0.2, 0) is 14.8 Å². The zero-order valence-corrected chi connectivity index (χ0v) is 12.1. The van der Waals surface area contributed by atoms with Crippen molar-refractivity contribution in [3.8, 4) is 11.8 Å². The number of nitrogens with one attached hydrogen (secondary N) is 1. The molecule has 1 saturated heterocycles. The Morgan fingerprint density at radius 3 is 2.90 bits per heavy atom. The summed E-state index contributed by atoms with van der Waals surface area (Å²) in [6.45, 7) is 0.414. The highest BCUT2D eigenvalue weighted by Crippen LogP contribution is 2.17. The predicted octanol–water partition coefficient (Wildman–Crippen LogP) is 0.627. The van der Waals surface area contributed by atoms with Gasteiger partial charge in [-0.15, -0.1) is 0 Å². The lowest BCUT2D eigenvalue weighted by Gasteiger charge is -2.12. The Balaban J connectivity index is 2.11. The van der Waals surface area contributed by atoms with Crippen LogP contribution in [0.25, 0.3) is 0 Å². The molecule has 0 amide bonds. The van der Waals surface area contributed by atoms with Crippen molar-refractivity contribution in [3.05, 3.63) is 29.6 Å². The fraction of sp³-hybridized carbons (Fsp3) is 0.429. The topological polar surface area (TPSA) is 75.6 Å². The molecule has 1 aliphatic rings. The average Bonchev–Trinajstić information content (AvgIpc) is 2.96. The van der Waals surface area contributed by atoms with Gasteiger partial charge < -0.3 is 9.84 Å². The Hall–Kier alpha value is -1.46. The van der Waals surface area contributed by atoms with Gasteiger partial charge in [0, 0.05) is 18.7 Å². The molecular formula is C14H16FNO4S. The first-order valence-electron chi connectivity index (χ1n) is 6.53. The first-order valence-corrected chi connectivity index (χ1v) is 8.02. The number of aliphatic hydroxyl groups excluding tert-OH is 1. The number of benzene rings is 1. The van der Waals surface area contributed by atoms with Crippen molar-refractivity contribution in [3.63, 3.8) is 0 Å². The summed E-state index contributed by atoms with van der Waals surface area (Å²) in [5.41, 5.74) is 0.305. The Morgan fingerprint density at radius 2 is 2.29 bits per heavy atom. The predicted molar refractivity (Wildman–Crippen MR) is 74.5 cm³/mol. The van der Waals surface area contributed by atoms with Crippen molar-refractivity contribution in [2.45, 2.75) is 23.8 Å². The summed E-state index contributed by atoms with van der Waals surface area (Å²) in [4.78, 5) is -0.421. The summed E-state index contributed by atoms with van der Waals surface area (Å²) < 4.78 is 45.7. The van der Waals surface area contributed by atoms with Gasteiger partial charge >= 0.3 is 0 Å². The van der Waals surface area contributed by atoms with Gasteiger partial charge in [0.05, 0.1) is 6.10 Å². The second-order valence-electron chi connectivity index (χ2n) is 4.59. The lowest BCUT2D eigenvalue weighted by Crippen LogP contribution is -2.32. The lowest BCUT2D eigenvalue weighted by molar-refractivity contribution is 0.114. The van der Waals surface area contributed by atoms with Gasteiger partial charge in [0.15, 0.2) is 0 Å². The van der Waals surface area contributed by atoms with Gasteiger partial charge in [0.1, 0.15) is 17.3 Å². The zero-order valence-electron chi connectivity index (χ0n) is 11.3. The molecule has 0 saturated carbocycles. The van der Waals surface area contributed by atoms with E-state index in [0.29, 0.717) is 12.2 Å². The maximum Gasteiger partial charge on any atom is 0.243 e. The molecule has 0 radical (unpaired) electrons. The van der Waals surface area contributed by atoms with Gasteiger partial charge in [-0.05, 0) is 31.0 Å². The minimum absolute atomic E-state index is 0.133. The van der Waals surface area contributed by atoms with Crippen molar-refractivity contribution < 1.29 is 22.7 Å². The number of halogens is 1. The van der Waals surface area contributed by atoms with Gasteiger partial charge in [0.25, 0.3) is 0 Å². The summed E-state index contributed by atoms with van der Waals surface area (Å²) in [5, 5.41) is 8.57. The molecule has 114 valence electrons. The quantitative estimate of drug-likeness (QED) is 0.799. The van der Waals surface area contributed by atoms with E-state index in [1.54, 1.807) is 0 Å². The third-order valence-corrected chi connectivity index (χ3v) is 4.52. The second kappa shape index (κ2) is 7.00. The van der Waals surface area contributed by atoms with Crippen molar-refractivity contribution in [2.24, 2.45) is 0 Å². The Labute approximate surface area is 123 Å². The van der Waals surface area contributed by atoms with Crippen molar-refractivity contribution in [1.82, 2.24) is 4.72 Å². The number of rotatable bonds is 4. The van der Waals surface area contributed by atoms with Crippen LogP contribution in [-0.4, -0.2) is 39.4 Å². The van der Waals surface area contributed by atoms with Crippen LogP contribution >= 0.6 is 0 Å². The van der Waals surface area contributed by atoms with Gasteiger partial charge in [-0.2, -0.15) is 0 Å². The molecule has 7 heteroatoms. The normalized spacial score (nSPS) is 18.3. The Morgan fingerprint density at radius 1 is 1.48 bits per heavy atom. The molecule has 1 atom stereocenters. The van der Waals surface area contributed by atoms with Crippen LogP contribution in [0.2, 0.25) is 0 Å². The van der Waals surface area contributed by atoms with E-state index in [1.165, 1.54) is 6.07 Å². The average molecular weight is 313 g/mol. The summed E-state index contributed by atoms with van der Waals surface area (Å²) in [5.74, 6) is 4.01. The third kappa shape index (κ3) is 4.25. The number of hydrogen-bond acceptors (Lipinski definition) is 4. The molecule has 0 aromatic heterocycles. The standard InChI is InChI=1S/C14H16FNO4S/c15-13-9-11(3-1-7-17)5-6-14(13)21(18,19)16-10-12-4-2-8-20-12/h5-6,9,12,16-17H,2,4,7-8,10H2. The highest BCUT2D eigenvalue weighted by molar-refractivity contribution is 7.89. The molecule has 0 spiro atoms. The largest absolute Gasteiger partial charge is 0.384 e. The van der Waals surface area contributed by atoms with Gasteiger partial charge in [-0.25, -0.2) is 17.5 Å². The van der Waals surface area contributed by atoms with E-state index in [4.69, 9.17) is 9.84 Å². The minimum Gasteiger partial charge on any atom is -0.384 e. The fourth-order valence-corrected chi connectivity index (χ4v) is 3.15. The van der Waals surface area contributed by atoms with E-state index in [2.05, 4.69) is 16.6 Å². The van der Waals surface area contributed by atoms with E-state index in [-0.39, 0.29) is 19.3 Å². The van der Waals surface area contributed by atoms with E-state index in [0.717, 1.165) is 25.0 Å². The third-order valence-electron chi connectivity index (χ3n) is 3.06. The summed E-state index contributed by atoms with van der Waals surface area (Å²) in [7, 11) is -3.92. The molecule has 1 fully saturated rings. The molecule has 2 rings (SSSR count). The lowest BCUT2D eigenvalue weighted by atomic mass is 10.2. The van der Waals surface area contributed by atoms with Crippen molar-refractivity contribution in [2.75, 3.05) is 19.8 Å². The van der Waals surface area contributed by atoms with E-state index >= 15 is 0 Å². The van der Waals surface area contributed by atoms with Crippen LogP contribution in [0.15, 0.2) is 23.1 Å². The maximum absolute atomic E-state index is 13.9. The van der Waals surface area contributed by atoms with E-state index in [1.807, 2.05) is 0 Å². The highest BCUT2D eigenvalue weighted by atomic mass is 32.2. The van der Waals surface area contributed by atoms with E-state index < -0.39 is 20.7 Å². The molecule has 5 nitrogen and oxygen atoms in total. The zero-order chi connectivity index (χ0) is 15.3. The van der Waals surface area contributed by atoms with Gasteiger partial charge in [-0.1, -0.05) is 11.8 Å². The van der Waals surface area contributed by atoms with Crippen LogP contribution in [0.1, 0.15) is 18.4 Å². The molecule has 1 aliphatic heterocycles. The number of sulfonamides is 1. The van der Waals surface area contributed by atoms with Gasteiger partial charge in [0.2, 0.25) is 10.0 Å². The number of hydrogen-bond donors (Lipinski definition) is 2. The highest BCUT2D eigenvalue weighted by Gasteiger charge is 2.22. The summed E-state index contributed by atoms with van der Waals surface area (Å²) >= 11 is 0. The summed E-state index contributed by atoms with van der Waals surface area (Å²) in [6.07, 6.45) is 1.54. The monoisotopic (exact) mass is 313 g/mol. The first-order chi connectivity index (χ1) is 10.0. The molecule has 1 heterocycles. The van der Waals surface area contributed by atoms with Crippen LogP contribution < -0.4 is 4.72 Å². The first kappa shape index (κ1) is 15.9. The second-order valence-corrected chi connectivity index (χ2v) is 6.33. The Kier molecular flexibility index (Phi) is 5.31. The molecule has 1 unspecified atom stereocenters. The molecule has 21 heavy (non-hydrogen) atoms.